The lowest BCUT2D eigenvalue weighted by Crippen LogP contribution is -2.29. The van der Waals surface area contributed by atoms with Crippen LogP contribution >= 0.6 is 11.3 Å². The number of nitrogens with zero attached hydrogens (tertiary/aromatic N) is 3. The number of fused-ring (bicyclic) bond motifs is 3. The smallest absolute Gasteiger partial charge is 0.272 e. The minimum Gasteiger partial charge on any atom is -0.324 e. The summed E-state index contributed by atoms with van der Waals surface area (Å²) in [5.74, 6) is 0.227. The highest BCUT2D eigenvalue weighted by molar-refractivity contribution is 7.25. The number of aromatic nitrogens is 3. The Morgan fingerprint density at radius 1 is 0.969 bits per heavy atom. The van der Waals surface area contributed by atoms with E-state index in [2.05, 4.69) is 10.3 Å². The normalized spacial score (nSPS) is 11.2. The third kappa shape index (κ3) is 3.56. The lowest BCUT2D eigenvalue weighted by molar-refractivity contribution is -0.116. The molecule has 1 amide bonds. The Hall–Kier alpha value is -3.84. The maximum absolute atomic E-state index is 13.3. The van der Waals surface area contributed by atoms with Crippen LogP contribution < -0.4 is 10.9 Å². The van der Waals surface area contributed by atoms with Crippen molar-refractivity contribution in [2.45, 2.75) is 20.4 Å². The molecule has 3 aromatic heterocycles. The largest absolute Gasteiger partial charge is 0.324 e. The average molecular weight is 441 g/mol. The molecule has 0 radical (unpaired) electrons. The number of amides is 1. The zero-order valence-electron chi connectivity index (χ0n) is 17.6. The molecular weight excluding hydrogens is 420 g/mol. The number of benzene rings is 2. The van der Waals surface area contributed by atoms with Gasteiger partial charge in [0.25, 0.3) is 5.56 Å². The van der Waals surface area contributed by atoms with Gasteiger partial charge in [-0.3, -0.25) is 14.2 Å². The van der Waals surface area contributed by atoms with Gasteiger partial charge in [0.05, 0.1) is 11.2 Å². The van der Waals surface area contributed by atoms with E-state index in [4.69, 9.17) is 4.98 Å². The van der Waals surface area contributed by atoms with E-state index in [9.17, 15) is 9.59 Å². The Bertz CT molecular complexity index is 1540. The average Bonchev–Trinajstić information content (AvgIpc) is 3.16. The molecule has 0 aliphatic rings. The van der Waals surface area contributed by atoms with Crippen molar-refractivity contribution in [2.24, 2.45) is 0 Å². The topological polar surface area (TPSA) is 76.9 Å². The van der Waals surface area contributed by atoms with E-state index in [1.54, 1.807) is 6.92 Å². The van der Waals surface area contributed by atoms with Crippen molar-refractivity contribution in [3.8, 4) is 11.3 Å². The fourth-order valence-corrected chi connectivity index (χ4v) is 4.78. The Kier molecular flexibility index (Phi) is 5.03. The van der Waals surface area contributed by atoms with Crippen LogP contribution in [0, 0.1) is 13.8 Å². The fourth-order valence-electron chi connectivity index (χ4n) is 3.72. The second-order valence-electron chi connectivity index (χ2n) is 7.61. The molecule has 3 heterocycles. The molecule has 32 heavy (non-hydrogen) atoms. The molecule has 158 valence electrons. The molecule has 0 aliphatic carbocycles. The number of hydrogen-bond donors (Lipinski definition) is 1. The van der Waals surface area contributed by atoms with Crippen LogP contribution in [0.25, 0.3) is 31.7 Å². The van der Waals surface area contributed by atoms with Gasteiger partial charge in [-0.1, -0.05) is 48.5 Å². The first-order chi connectivity index (χ1) is 15.5. The summed E-state index contributed by atoms with van der Waals surface area (Å²) >= 11 is 1.31. The van der Waals surface area contributed by atoms with Gasteiger partial charge in [0.2, 0.25) is 5.91 Å². The van der Waals surface area contributed by atoms with Crippen LogP contribution in [0.15, 0.2) is 71.5 Å². The molecule has 0 aliphatic heterocycles. The predicted molar refractivity (Wildman–Crippen MR) is 129 cm³/mol. The SMILES string of the molecule is Cc1ccccc1NC(=O)Cn1c(C)nc2c(sc3nc(-c4ccccc4)ccc32)c1=O. The molecule has 7 heteroatoms. The van der Waals surface area contributed by atoms with E-state index in [-0.39, 0.29) is 18.0 Å². The minimum absolute atomic E-state index is 0.0983. The van der Waals surface area contributed by atoms with Crippen molar-refractivity contribution >= 4 is 43.4 Å². The number of rotatable bonds is 4. The van der Waals surface area contributed by atoms with Crippen LogP contribution in [0.1, 0.15) is 11.4 Å². The lowest BCUT2D eigenvalue weighted by atomic mass is 10.1. The predicted octanol–water partition coefficient (Wildman–Crippen LogP) is 4.93. The van der Waals surface area contributed by atoms with Crippen LogP contribution in [0.4, 0.5) is 5.69 Å². The summed E-state index contributed by atoms with van der Waals surface area (Å²) in [7, 11) is 0. The van der Waals surface area contributed by atoms with Gasteiger partial charge in [0.15, 0.2) is 0 Å². The van der Waals surface area contributed by atoms with Crippen molar-refractivity contribution in [3.63, 3.8) is 0 Å². The van der Waals surface area contributed by atoms with E-state index in [0.717, 1.165) is 32.7 Å². The standard InChI is InChI=1S/C25H20N4O2S/c1-15-8-6-7-11-19(15)27-21(30)14-29-16(2)26-22-18-12-13-20(17-9-4-3-5-10-17)28-24(18)32-23(22)25(29)31/h3-13H,14H2,1-2H3,(H,27,30). The summed E-state index contributed by atoms with van der Waals surface area (Å²) in [6, 6.07) is 21.4. The van der Waals surface area contributed by atoms with Crippen LogP contribution in [-0.2, 0) is 11.3 Å². The summed E-state index contributed by atoms with van der Waals surface area (Å²) in [6.45, 7) is 3.57. The number of anilines is 1. The van der Waals surface area contributed by atoms with Crippen molar-refractivity contribution < 1.29 is 4.79 Å². The Labute approximate surface area is 188 Å². The van der Waals surface area contributed by atoms with Crippen LogP contribution in [-0.4, -0.2) is 20.4 Å². The summed E-state index contributed by atoms with van der Waals surface area (Å²) in [5, 5.41) is 3.73. The number of para-hydroxylation sites is 1. The summed E-state index contributed by atoms with van der Waals surface area (Å²) < 4.78 is 1.93. The molecule has 0 atom stereocenters. The van der Waals surface area contributed by atoms with Crippen molar-refractivity contribution in [1.82, 2.24) is 14.5 Å². The van der Waals surface area contributed by atoms with E-state index in [1.807, 2.05) is 73.7 Å². The van der Waals surface area contributed by atoms with Crippen LogP contribution in [0.2, 0.25) is 0 Å². The van der Waals surface area contributed by atoms with E-state index < -0.39 is 0 Å². The maximum atomic E-state index is 13.3. The molecule has 0 saturated heterocycles. The summed E-state index contributed by atoms with van der Waals surface area (Å²) in [5.41, 5.74) is 3.97. The molecule has 2 aromatic carbocycles. The first kappa shape index (κ1) is 20.1. The molecule has 0 spiro atoms. The van der Waals surface area contributed by atoms with Gasteiger partial charge in [-0.25, -0.2) is 9.97 Å². The van der Waals surface area contributed by atoms with E-state index in [1.165, 1.54) is 15.9 Å². The number of pyridine rings is 1. The monoisotopic (exact) mass is 440 g/mol. The second kappa shape index (κ2) is 8.01. The third-order valence-corrected chi connectivity index (χ3v) is 6.50. The maximum Gasteiger partial charge on any atom is 0.272 e. The number of carbonyl (C=O) groups is 1. The zero-order valence-corrected chi connectivity index (χ0v) is 18.4. The van der Waals surface area contributed by atoms with Crippen LogP contribution in [0.5, 0.6) is 0 Å². The van der Waals surface area contributed by atoms with Gasteiger partial charge in [-0.15, -0.1) is 11.3 Å². The molecular formula is C25H20N4O2S. The van der Waals surface area contributed by atoms with Crippen molar-refractivity contribution in [3.05, 3.63) is 88.5 Å². The number of carbonyl (C=O) groups excluding carboxylic acids is 1. The van der Waals surface area contributed by atoms with E-state index in [0.29, 0.717) is 16.0 Å². The second-order valence-corrected chi connectivity index (χ2v) is 8.61. The summed E-state index contributed by atoms with van der Waals surface area (Å²) in [4.78, 5) is 36.1. The third-order valence-electron chi connectivity index (χ3n) is 5.42. The van der Waals surface area contributed by atoms with Gasteiger partial charge < -0.3 is 5.32 Å². The number of hydrogen-bond acceptors (Lipinski definition) is 5. The van der Waals surface area contributed by atoms with Crippen molar-refractivity contribution in [2.75, 3.05) is 5.32 Å². The van der Waals surface area contributed by atoms with E-state index >= 15 is 0 Å². The Balaban J connectivity index is 1.53. The molecule has 0 fully saturated rings. The van der Waals surface area contributed by atoms with Gasteiger partial charge in [-0.05, 0) is 37.6 Å². The first-order valence-corrected chi connectivity index (χ1v) is 11.0. The van der Waals surface area contributed by atoms with Gasteiger partial charge in [0, 0.05) is 16.6 Å². The molecule has 5 aromatic rings. The molecule has 0 bridgehead atoms. The number of nitrogens with one attached hydrogen (secondary N) is 1. The highest BCUT2D eigenvalue weighted by atomic mass is 32.1. The lowest BCUT2D eigenvalue weighted by Gasteiger charge is -2.11. The molecule has 1 N–H and O–H groups in total. The summed E-state index contributed by atoms with van der Waals surface area (Å²) in [6.07, 6.45) is 0. The first-order valence-electron chi connectivity index (χ1n) is 10.2. The zero-order chi connectivity index (χ0) is 22.2. The van der Waals surface area contributed by atoms with Gasteiger partial charge in [-0.2, -0.15) is 0 Å². The quantitative estimate of drug-likeness (QED) is 0.430. The van der Waals surface area contributed by atoms with Crippen molar-refractivity contribution in [1.29, 1.82) is 0 Å². The van der Waals surface area contributed by atoms with Crippen LogP contribution in [0.3, 0.4) is 0 Å². The Morgan fingerprint density at radius 3 is 2.50 bits per heavy atom. The molecule has 0 saturated carbocycles. The minimum atomic E-state index is -0.267. The molecule has 0 unspecified atom stereocenters. The fraction of sp³-hybridized carbons (Fsp3) is 0.120. The van der Waals surface area contributed by atoms with Gasteiger partial charge >= 0.3 is 0 Å². The highest BCUT2D eigenvalue weighted by Crippen LogP contribution is 2.31. The molecule has 5 rings (SSSR count). The molecule has 6 nitrogen and oxygen atoms in total. The number of aryl methyl sites for hydroxylation is 2. The van der Waals surface area contributed by atoms with Gasteiger partial charge in [0.1, 0.15) is 21.9 Å². The number of thiophene rings is 1. The Morgan fingerprint density at radius 2 is 1.72 bits per heavy atom. The highest BCUT2D eigenvalue weighted by Gasteiger charge is 2.17.